The van der Waals surface area contributed by atoms with Gasteiger partial charge in [-0.25, -0.2) is 0 Å². The zero-order valence-electron chi connectivity index (χ0n) is 15.8. The molecule has 0 radical (unpaired) electrons. The van der Waals surface area contributed by atoms with Crippen molar-refractivity contribution in [2.24, 2.45) is 0 Å². The number of amides is 1. The van der Waals surface area contributed by atoms with Gasteiger partial charge < -0.3 is 10.0 Å². The van der Waals surface area contributed by atoms with E-state index in [1.165, 1.54) is 0 Å². The van der Waals surface area contributed by atoms with Crippen molar-refractivity contribution in [3.05, 3.63) is 76.8 Å². The fourth-order valence-corrected chi connectivity index (χ4v) is 3.78. The number of halogens is 1. The van der Waals surface area contributed by atoms with Gasteiger partial charge in [-0.15, -0.1) is 0 Å². The van der Waals surface area contributed by atoms with E-state index in [9.17, 15) is 9.90 Å². The maximum Gasteiger partial charge on any atom is 0.233 e. The van der Waals surface area contributed by atoms with Gasteiger partial charge in [-0.05, 0) is 73.5 Å². The van der Waals surface area contributed by atoms with Crippen LogP contribution in [0.15, 0.2) is 60.7 Å². The first-order valence-electron chi connectivity index (χ1n) is 9.21. The molecule has 0 aliphatic carbocycles. The smallest absolute Gasteiger partial charge is 0.233 e. The number of phenols is 1. The zero-order chi connectivity index (χ0) is 19.8. The second-order valence-electron chi connectivity index (χ2n) is 7.00. The van der Waals surface area contributed by atoms with Crippen molar-refractivity contribution >= 4 is 40.3 Å². The summed E-state index contributed by atoms with van der Waals surface area (Å²) in [6.45, 7) is 4.61. The van der Waals surface area contributed by atoms with Crippen LogP contribution in [-0.2, 0) is 4.79 Å². The summed E-state index contributed by atoms with van der Waals surface area (Å²) in [6, 6.07) is 18.6. The Bertz CT molecular complexity index is 1050. The monoisotopic (exact) mass is 392 g/mol. The van der Waals surface area contributed by atoms with Crippen LogP contribution in [0.5, 0.6) is 5.75 Å². The highest BCUT2D eigenvalue weighted by atomic mass is 35.5. The van der Waals surface area contributed by atoms with E-state index in [0.717, 1.165) is 33.9 Å². The molecule has 1 aliphatic rings. The standard InChI is InChI=1S/C23H21ClN2O2/c1-15-4-3-5-20(16(15)2)26-21-11-6-17(24)14-22(21)25(13-12-23(26)28)18-7-9-19(27)10-8-18/h3-11,14,27H,12-13H2,1-2H3. The first-order valence-corrected chi connectivity index (χ1v) is 9.59. The van der Waals surface area contributed by atoms with Crippen molar-refractivity contribution in [3.63, 3.8) is 0 Å². The number of fused-ring (bicyclic) bond motifs is 1. The summed E-state index contributed by atoms with van der Waals surface area (Å²) in [6.07, 6.45) is 0.362. The van der Waals surface area contributed by atoms with Crippen molar-refractivity contribution in [3.8, 4) is 5.75 Å². The molecular formula is C23H21ClN2O2. The largest absolute Gasteiger partial charge is 0.508 e. The Kier molecular flexibility index (Phi) is 4.73. The number of carbonyl (C=O) groups excluding carboxylic acids is 1. The fraction of sp³-hybridized carbons (Fsp3) is 0.174. The van der Waals surface area contributed by atoms with E-state index in [1.54, 1.807) is 17.0 Å². The van der Waals surface area contributed by atoms with Gasteiger partial charge in [0, 0.05) is 23.7 Å². The Morgan fingerprint density at radius 2 is 1.68 bits per heavy atom. The topological polar surface area (TPSA) is 43.8 Å². The molecule has 4 nitrogen and oxygen atoms in total. The molecule has 1 amide bonds. The predicted octanol–water partition coefficient (Wildman–Crippen LogP) is 5.87. The summed E-state index contributed by atoms with van der Waals surface area (Å²) < 4.78 is 0. The minimum Gasteiger partial charge on any atom is -0.508 e. The van der Waals surface area contributed by atoms with Crippen molar-refractivity contribution in [2.45, 2.75) is 20.3 Å². The van der Waals surface area contributed by atoms with Crippen LogP contribution in [0.25, 0.3) is 0 Å². The minimum atomic E-state index is 0.0403. The highest BCUT2D eigenvalue weighted by Gasteiger charge is 2.29. The Morgan fingerprint density at radius 1 is 0.929 bits per heavy atom. The molecule has 0 saturated carbocycles. The second kappa shape index (κ2) is 7.21. The molecule has 0 saturated heterocycles. The zero-order valence-corrected chi connectivity index (χ0v) is 16.6. The maximum absolute atomic E-state index is 13.2. The summed E-state index contributed by atoms with van der Waals surface area (Å²) in [4.78, 5) is 17.1. The SMILES string of the molecule is Cc1cccc(N2C(=O)CCN(c3ccc(O)cc3)c3cc(Cl)ccc32)c1C. The lowest BCUT2D eigenvalue weighted by Gasteiger charge is -2.28. The number of hydrogen-bond acceptors (Lipinski definition) is 3. The molecule has 0 unspecified atom stereocenters. The molecule has 142 valence electrons. The lowest BCUT2D eigenvalue weighted by atomic mass is 10.1. The van der Waals surface area contributed by atoms with Gasteiger partial charge in [0.15, 0.2) is 0 Å². The predicted molar refractivity (Wildman–Crippen MR) is 114 cm³/mol. The van der Waals surface area contributed by atoms with Crippen LogP contribution >= 0.6 is 11.6 Å². The molecule has 4 rings (SSSR count). The minimum absolute atomic E-state index is 0.0403. The Labute approximate surface area is 169 Å². The summed E-state index contributed by atoms with van der Waals surface area (Å²) >= 11 is 6.32. The quantitative estimate of drug-likeness (QED) is 0.593. The molecule has 3 aromatic carbocycles. The molecular weight excluding hydrogens is 372 g/mol. The fourth-order valence-electron chi connectivity index (χ4n) is 3.62. The molecule has 0 spiro atoms. The Morgan fingerprint density at radius 3 is 2.43 bits per heavy atom. The van der Waals surface area contributed by atoms with E-state index in [4.69, 9.17) is 11.6 Å². The van der Waals surface area contributed by atoms with Gasteiger partial charge >= 0.3 is 0 Å². The summed E-state index contributed by atoms with van der Waals surface area (Å²) in [5, 5.41) is 10.2. The lowest BCUT2D eigenvalue weighted by molar-refractivity contribution is -0.117. The number of nitrogens with zero attached hydrogens (tertiary/aromatic N) is 2. The summed E-state index contributed by atoms with van der Waals surface area (Å²) in [7, 11) is 0. The van der Waals surface area contributed by atoms with E-state index >= 15 is 0 Å². The van der Waals surface area contributed by atoms with E-state index in [1.807, 2.05) is 62.4 Å². The van der Waals surface area contributed by atoms with Gasteiger partial charge in [0.05, 0.1) is 17.1 Å². The number of benzene rings is 3. The highest BCUT2D eigenvalue weighted by molar-refractivity contribution is 6.31. The van der Waals surface area contributed by atoms with Gasteiger partial charge in [0.2, 0.25) is 5.91 Å². The summed E-state index contributed by atoms with van der Waals surface area (Å²) in [5.74, 6) is 0.247. The third-order valence-electron chi connectivity index (χ3n) is 5.25. The molecule has 0 atom stereocenters. The van der Waals surface area contributed by atoms with Crippen LogP contribution in [-0.4, -0.2) is 17.6 Å². The van der Waals surface area contributed by atoms with E-state index < -0.39 is 0 Å². The number of hydrogen-bond donors (Lipinski definition) is 1. The third-order valence-corrected chi connectivity index (χ3v) is 5.48. The van der Waals surface area contributed by atoms with Crippen molar-refractivity contribution in [2.75, 3.05) is 16.3 Å². The molecule has 1 N–H and O–H groups in total. The number of aromatic hydroxyl groups is 1. The number of aryl methyl sites for hydroxylation is 1. The van der Waals surface area contributed by atoms with Gasteiger partial charge in [0.1, 0.15) is 5.75 Å². The van der Waals surface area contributed by atoms with Gasteiger partial charge in [-0.2, -0.15) is 0 Å². The first-order chi connectivity index (χ1) is 13.5. The molecule has 5 heteroatoms. The average molecular weight is 393 g/mol. The number of rotatable bonds is 2. The third kappa shape index (κ3) is 3.20. The number of carbonyl (C=O) groups is 1. The molecule has 0 fully saturated rings. The summed E-state index contributed by atoms with van der Waals surface area (Å²) in [5.41, 5.74) is 5.67. The average Bonchev–Trinajstić information content (AvgIpc) is 2.81. The van der Waals surface area contributed by atoms with Crippen LogP contribution in [0.4, 0.5) is 22.7 Å². The first kappa shape index (κ1) is 18.4. The number of anilines is 4. The highest BCUT2D eigenvalue weighted by Crippen LogP contribution is 2.43. The molecule has 0 aromatic heterocycles. The van der Waals surface area contributed by atoms with Crippen LogP contribution in [0.3, 0.4) is 0 Å². The van der Waals surface area contributed by atoms with E-state index in [2.05, 4.69) is 4.90 Å². The van der Waals surface area contributed by atoms with Crippen molar-refractivity contribution in [1.82, 2.24) is 0 Å². The van der Waals surface area contributed by atoms with Crippen molar-refractivity contribution < 1.29 is 9.90 Å². The van der Waals surface area contributed by atoms with Crippen LogP contribution < -0.4 is 9.80 Å². The van der Waals surface area contributed by atoms with Crippen LogP contribution in [0, 0.1) is 13.8 Å². The lowest BCUT2D eigenvalue weighted by Crippen LogP contribution is -2.26. The second-order valence-corrected chi connectivity index (χ2v) is 7.44. The van der Waals surface area contributed by atoms with Crippen LogP contribution in [0.1, 0.15) is 17.5 Å². The normalized spacial score (nSPS) is 14.0. The molecule has 28 heavy (non-hydrogen) atoms. The van der Waals surface area contributed by atoms with Gasteiger partial charge in [-0.1, -0.05) is 23.7 Å². The van der Waals surface area contributed by atoms with E-state index in [-0.39, 0.29) is 11.7 Å². The molecule has 1 aliphatic heterocycles. The number of phenolic OH excluding ortho intramolecular Hbond substituents is 1. The molecule has 0 bridgehead atoms. The van der Waals surface area contributed by atoms with Crippen LogP contribution in [0.2, 0.25) is 5.02 Å². The van der Waals surface area contributed by atoms with E-state index in [0.29, 0.717) is 18.0 Å². The maximum atomic E-state index is 13.2. The van der Waals surface area contributed by atoms with Crippen molar-refractivity contribution in [1.29, 1.82) is 0 Å². The molecule has 1 heterocycles. The Hall–Kier alpha value is -2.98. The Balaban J connectivity index is 1.91. The molecule has 3 aromatic rings. The van der Waals surface area contributed by atoms with Gasteiger partial charge in [0.25, 0.3) is 0 Å². The van der Waals surface area contributed by atoms with Gasteiger partial charge in [-0.3, -0.25) is 9.69 Å².